The number of halogens is 1. The van der Waals surface area contributed by atoms with E-state index < -0.39 is 0 Å². The molecule has 1 N–H and O–H groups in total. The van der Waals surface area contributed by atoms with Gasteiger partial charge in [-0.05, 0) is 36.3 Å². The van der Waals surface area contributed by atoms with Gasteiger partial charge in [0.2, 0.25) is 0 Å². The van der Waals surface area contributed by atoms with Crippen LogP contribution >= 0.6 is 22.9 Å². The molecule has 0 saturated heterocycles. The predicted octanol–water partition coefficient (Wildman–Crippen LogP) is 5.19. The van der Waals surface area contributed by atoms with Crippen molar-refractivity contribution in [1.29, 1.82) is 0 Å². The fraction of sp³-hybridized carbons (Fsp3) is 0.533. The molecule has 3 rings (SSSR count). The Hall–Kier alpha value is -0.800. The Bertz CT molecular complexity index is 605. The van der Waals surface area contributed by atoms with Crippen molar-refractivity contribution in [2.45, 2.75) is 39.7 Å². The molecule has 102 valence electrons. The summed E-state index contributed by atoms with van der Waals surface area (Å²) in [6.07, 6.45) is 2.44. The van der Waals surface area contributed by atoms with Crippen LogP contribution in [0.5, 0.6) is 0 Å². The third-order valence-electron chi connectivity index (χ3n) is 4.12. The fourth-order valence-electron chi connectivity index (χ4n) is 3.32. The van der Waals surface area contributed by atoms with Crippen LogP contribution in [-0.2, 0) is 0 Å². The Kier molecular flexibility index (Phi) is 3.22. The van der Waals surface area contributed by atoms with Crippen LogP contribution in [0.15, 0.2) is 17.6 Å². The molecule has 1 aromatic carbocycles. The van der Waals surface area contributed by atoms with Gasteiger partial charge >= 0.3 is 0 Å². The number of nitrogens with one attached hydrogen (secondary N) is 1. The van der Waals surface area contributed by atoms with Crippen molar-refractivity contribution in [3.63, 3.8) is 0 Å². The van der Waals surface area contributed by atoms with Gasteiger partial charge in [0.25, 0.3) is 0 Å². The molecule has 2 nitrogen and oxygen atoms in total. The number of thiazole rings is 1. The first-order valence-corrected chi connectivity index (χ1v) is 8.00. The molecule has 1 aliphatic rings. The van der Waals surface area contributed by atoms with Gasteiger partial charge in [-0.15, -0.1) is 11.3 Å². The topological polar surface area (TPSA) is 24.9 Å². The second-order valence-corrected chi connectivity index (χ2v) is 7.72. The van der Waals surface area contributed by atoms with Crippen molar-refractivity contribution in [2.24, 2.45) is 11.3 Å². The maximum absolute atomic E-state index is 6.36. The third kappa shape index (κ3) is 2.46. The summed E-state index contributed by atoms with van der Waals surface area (Å²) in [7, 11) is 0. The number of hydrogen-bond donors (Lipinski definition) is 1. The first-order chi connectivity index (χ1) is 8.96. The zero-order valence-corrected chi connectivity index (χ0v) is 13.1. The Morgan fingerprint density at radius 1 is 1.37 bits per heavy atom. The van der Waals surface area contributed by atoms with Crippen molar-refractivity contribution < 1.29 is 0 Å². The van der Waals surface area contributed by atoms with Crippen molar-refractivity contribution in [3.8, 4) is 0 Å². The second kappa shape index (κ2) is 4.64. The number of rotatable bonds is 2. The summed E-state index contributed by atoms with van der Waals surface area (Å²) in [5, 5.41) is 4.43. The van der Waals surface area contributed by atoms with Crippen LogP contribution in [0, 0.1) is 11.3 Å². The normalized spacial score (nSPS) is 25.9. The molecular weight excluding hydrogens is 276 g/mol. The highest BCUT2D eigenvalue weighted by molar-refractivity contribution is 7.16. The van der Waals surface area contributed by atoms with Crippen LogP contribution < -0.4 is 5.32 Å². The van der Waals surface area contributed by atoms with Crippen molar-refractivity contribution in [2.75, 3.05) is 5.32 Å². The molecule has 1 fully saturated rings. The minimum atomic E-state index is 0.416. The van der Waals surface area contributed by atoms with Crippen molar-refractivity contribution in [3.05, 3.63) is 22.7 Å². The summed E-state index contributed by atoms with van der Waals surface area (Å²) < 4.78 is 1.19. The van der Waals surface area contributed by atoms with Crippen molar-refractivity contribution >= 4 is 38.8 Å². The second-order valence-electron chi connectivity index (χ2n) is 6.42. The van der Waals surface area contributed by atoms with Crippen LogP contribution in [0.4, 0.5) is 5.69 Å². The van der Waals surface area contributed by atoms with Gasteiger partial charge in [-0.1, -0.05) is 32.4 Å². The van der Waals surface area contributed by atoms with E-state index in [4.69, 9.17) is 11.6 Å². The van der Waals surface area contributed by atoms with Crippen LogP contribution in [0.1, 0.15) is 33.6 Å². The number of aromatic nitrogens is 1. The lowest BCUT2D eigenvalue weighted by Crippen LogP contribution is -2.22. The van der Waals surface area contributed by atoms with Crippen molar-refractivity contribution in [1.82, 2.24) is 4.98 Å². The van der Waals surface area contributed by atoms with E-state index in [0.29, 0.717) is 17.4 Å². The summed E-state index contributed by atoms with van der Waals surface area (Å²) >= 11 is 8.02. The lowest BCUT2D eigenvalue weighted by molar-refractivity contribution is 0.366. The molecule has 0 radical (unpaired) electrons. The molecule has 19 heavy (non-hydrogen) atoms. The van der Waals surface area contributed by atoms with E-state index in [9.17, 15) is 0 Å². The summed E-state index contributed by atoms with van der Waals surface area (Å²) in [6, 6.07) is 4.50. The SMILES string of the molecule is CC1CC(C)(C)CC1Nc1c(Cl)ccc2scnc12. The quantitative estimate of drug-likeness (QED) is 0.825. The van der Waals surface area contributed by atoms with Crippen LogP contribution in [0.2, 0.25) is 5.02 Å². The summed E-state index contributed by atoms with van der Waals surface area (Å²) in [5.41, 5.74) is 4.32. The predicted molar refractivity (Wildman–Crippen MR) is 84.2 cm³/mol. The third-order valence-corrected chi connectivity index (χ3v) is 5.22. The molecule has 0 bridgehead atoms. The number of anilines is 1. The van der Waals surface area contributed by atoms with Crippen LogP contribution in [0.25, 0.3) is 10.2 Å². The molecule has 1 aromatic heterocycles. The summed E-state index contributed by atoms with van der Waals surface area (Å²) in [4.78, 5) is 4.45. The van der Waals surface area contributed by atoms with E-state index in [1.807, 2.05) is 17.6 Å². The van der Waals surface area contributed by atoms with Gasteiger partial charge in [0.05, 0.1) is 20.9 Å². The van der Waals surface area contributed by atoms with Crippen LogP contribution in [-0.4, -0.2) is 11.0 Å². The number of benzene rings is 1. The Morgan fingerprint density at radius 3 is 2.84 bits per heavy atom. The molecule has 4 heteroatoms. The van der Waals surface area contributed by atoms with Gasteiger partial charge in [-0.2, -0.15) is 0 Å². The largest absolute Gasteiger partial charge is 0.379 e. The smallest absolute Gasteiger partial charge is 0.106 e. The highest BCUT2D eigenvalue weighted by Crippen LogP contribution is 2.43. The van der Waals surface area contributed by atoms with E-state index in [1.165, 1.54) is 17.5 Å². The number of nitrogens with zero attached hydrogens (tertiary/aromatic N) is 1. The summed E-state index contributed by atoms with van der Waals surface area (Å²) in [5.74, 6) is 0.667. The molecule has 0 aliphatic heterocycles. The zero-order chi connectivity index (χ0) is 13.6. The van der Waals surface area contributed by atoms with E-state index in [1.54, 1.807) is 11.3 Å². The van der Waals surface area contributed by atoms with Gasteiger partial charge in [-0.3, -0.25) is 0 Å². The van der Waals surface area contributed by atoms with Gasteiger partial charge in [0.15, 0.2) is 0 Å². The van der Waals surface area contributed by atoms with E-state index in [0.717, 1.165) is 16.2 Å². The number of hydrogen-bond acceptors (Lipinski definition) is 3. The minimum Gasteiger partial charge on any atom is -0.379 e. The summed E-state index contributed by atoms with van der Waals surface area (Å²) in [6.45, 7) is 7.01. The first-order valence-electron chi connectivity index (χ1n) is 6.74. The maximum atomic E-state index is 6.36. The number of fused-ring (bicyclic) bond motifs is 1. The lowest BCUT2D eigenvalue weighted by Gasteiger charge is -2.20. The Morgan fingerprint density at radius 2 is 2.16 bits per heavy atom. The zero-order valence-electron chi connectivity index (χ0n) is 11.5. The fourth-order valence-corrected chi connectivity index (χ4v) is 4.21. The van der Waals surface area contributed by atoms with Gasteiger partial charge < -0.3 is 5.32 Å². The average molecular weight is 295 g/mol. The highest BCUT2D eigenvalue weighted by atomic mass is 35.5. The van der Waals surface area contributed by atoms with E-state index in [2.05, 4.69) is 31.1 Å². The molecule has 0 spiro atoms. The van der Waals surface area contributed by atoms with Crippen LogP contribution in [0.3, 0.4) is 0 Å². The maximum Gasteiger partial charge on any atom is 0.106 e. The Labute approximate surface area is 123 Å². The van der Waals surface area contributed by atoms with Gasteiger partial charge in [0.1, 0.15) is 5.52 Å². The molecule has 1 heterocycles. The monoisotopic (exact) mass is 294 g/mol. The lowest BCUT2D eigenvalue weighted by atomic mass is 9.91. The Balaban J connectivity index is 1.93. The van der Waals surface area contributed by atoms with Gasteiger partial charge in [0, 0.05) is 6.04 Å². The van der Waals surface area contributed by atoms with E-state index in [-0.39, 0.29) is 0 Å². The molecule has 1 saturated carbocycles. The van der Waals surface area contributed by atoms with Gasteiger partial charge in [-0.25, -0.2) is 4.98 Å². The molecule has 1 aliphatic carbocycles. The molecule has 2 atom stereocenters. The molecule has 2 unspecified atom stereocenters. The van der Waals surface area contributed by atoms with E-state index >= 15 is 0 Å². The average Bonchev–Trinajstić information content (AvgIpc) is 2.87. The first kappa shape index (κ1) is 13.2. The molecular formula is C15H19ClN2S. The molecule has 0 amide bonds. The molecule has 2 aromatic rings. The minimum absolute atomic E-state index is 0.416. The highest BCUT2D eigenvalue weighted by Gasteiger charge is 2.37. The standard InChI is InChI=1S/C15H19ClN2S/c1-9-6-15(2,3)7-11(9)18-13-10(16)4-5-12-14(13)17-8-19-12/h4-5,8-9,11,18H,6-7H2,1-3H3.